The number of fused-ring (bicyclic) bond motifs is 7. The first-order valence-electron chi connectivity index (χ1n) is 10.1. The van der Waals surface area contributed by atoms with Crippen LogP contribution in [0.3, 0.4) is 0 Å². The second-order valence-corrected chi connectivity index (χ2v) is 7.88. The van der Waals surface area contributed by atoms with Crippen LogP contribution < -0.4 is 15.4 Å². The second kappa shape index (κ2) is 8.08. The standard InChI is InChI=1S/C20H25F2N5O3/c1-11-17-13-3-4-15(9-13)30-19(28)24-12(2)20(21,22)6-8-29-16-10-14(5-7-23-16)25-18(11)27-26-17/h5,7,10,12-13,15H,3-4,6,8-9H2,1-2H3,(H,24,28)(H2,25,26,27)/t12-,13-,15+/m0/s1. The Morgan fingerprint density at radius 2 is 2.13 bits per heavy atom. The minimum absolute atomic E-state index is 0.153. The van der Waals surface area contributed by atoms with E-state index in [1.54, 1.807) is 18.3 Å². The normalized spacial score (nSPS) is 26.4. The molecule has 1 aliphatic carbocycles. The van der Waals surface area contributed by atoms with Crippen molar-refractivity contribution in [3.8, 4) is 5.88 Å². The molecule has 2 aromatic heterocycles. The van der Waals surface area contributed by atoms with E-state index in [9.17, 15) is 13.6 Å². The Balaban J connectivity index is 1.60. The molecule has 8 nitrogen and oxygen atoms in total. The molecule has 4 rings (SSSR count). The number of hydrogen-bond donors (Lipinski definition) is 3. The van der Waals surface area contributed by atoms with E-state index in [4.69, 9.17) is 9.47 Å². The molecule has 0 radical (unpaired) electrons. The molecule has 3 heterocycles. The van der Waals surface area contributed by atoms with E-state index in [0.717, 1.165) is 17.7 Å². The van der Waals surface area contributed by atoms with Crippen molar-refractivity contribution in [3.63, 3.8) is 0 Å². The van der Waals surface area contributed by atoms with Gasteiger partial charge in [-0.15, -0.1) is 0 Å². The predicted molar refractivity (Wildman–Crippen MR) is 105 cm³/mol. The Kier molecular flexibility index (Phi) is 5.48. The zero-order valence-electron chi connectivity index (χ0n) is 16.9. The van der Waals surface area contributed by atoms with Gasteiger partial charge in [0, 0.05) is 41.5 Å². The number of H-pyrrole nitrogens is 1. The summed E-state index contributed by atoms with van der Waals surface area (Å²) in [6, 6.07) is 2.01. The van der Waals surface area contributed by atoms with Crippen LogP contribution in [0, 0.1) is 6.92 Å². The number of alkyl carbamates (subject to hydrolysis) is 1. The molecule has 10 heteroatoms. The Bertz CT molecular complexity index is 920. The van der Waals surface area contributed by atoms with Gasteiger partial charge in [0.1, 0.15) is 6.10 Å². The summed E-state index contributed by atoms with van der Waals surface area (Å²) in [6.07, 6.45) is 1.94. The fraction of sp³-hybridized carbons (Fsp3) is 0.550. The summed E-state index contributed by atoms with van der Waals surface area (Å²) in [7, 11) is 0. The van der Waals surface area contributed by atoms with Crippen LogP contribution in [0.1, 0.15) is 49.8 Å². The summed E-state index contributed by atoms with van der Waals surface area (Å²) >= 11 is 0. The molecule has 2 aromatic rings. The van der Waals surface area contributed by atoms with Gasteiger partial charge in [0.15, 0.2) is 5.82 Å². The number of nitrogens with zero attached hydrogens (tertiary/aromatic N) is 2. The van der Waals surface area contributed by atoms with Crippen molar-refractivity contribution in [2.24, 2.45) is 0 Å². The van der Waals surface area contributed by atoms with E-state index >= 15 is 0 Å². The third kappa shape index (κ3) is 4.31. The highest BCUT2D eigenvalue weighted by Crippen LogP contribution is 2.38. The van der Waals surface area contributed by atoms with Crippen molar-refractivity contribution in [1.29, 1.82) is 0 Å². The molecule has 0 unspecified atom stereocenters. The number of carbonyl (C=O) groups excluding carboxylic acids is 1. The smallest absolute Gasteiger partial charge is 0.407 e. The average molecular weight is 421 g/mol. The fourth-order valence-corrected chi connectivity index (χ4v) is 3.92. The van der Waals surface area contributed by atoms with Crippen LogP contribution in [0.2, 0.25) is 0 Å². The van der Waals surface area contributed by atoms with Crippen molar-refractivity contribution >= 4 is 17.6 Å². The maximum Gasteiger partial charge on any atom is 0.407 e. The number of hydrogen-bond acceptors (Lipinski definition) is 6. The van der Waals surface area contributed by atoms with Gasteiger partial charge < -0.3 is 20.1 Å². The Morgan fingerprint density at radius 1 is 1.30 bits per heavy atom. The van der Waals surface area contributed by atoms with Crippen molar-refractivity contribution in [1.82, 2.24) is 20.5 Å². The first-order valence-corrected chi connectivity index (χ1v) is 10.1. The largest absolute Gasteiger partial charge is 0.477 e. The van der Waals surface area contributed by atoms with Crippen LogP contribution in [0.15, 0.2) is 18.3 Å². The molecule has 0 saturated heterocycles. The number of carbonyl (C=O) groups is 1. The summed E-state index contributed by atoms with van der Waals surface area (Å²) in [5, 5.41) is 12.9. The lowest BCUT2D eigenvalue weighted by atomic mass is 10.0. The minimum Gasteiger partial charge on any atom is -0.477 e. The van der Waals surface area contributed by atoms with Crippen LogP contribution in [-0.2, 0) is 4.74 Å². The maximum atomic E-state index is 14.4. The quantitative estimate of drug-likeness (QED) is 0.594. The number of amides is 1. The zero-order valence-corrected chi connectivity index (χ0v) is 16.9. The maximum absolute atomic E-state index is 14.4. The monoisotopic (exact) mass is 421 g/mol. The first-order chi connectivity index (χ1) is 14.3. The van der Waals surface area contributed by atoms with Gasteiger partial charge in [0.05, 0.1) is 12.6 Å². The molecular formula is C20H25F2N5O3. The molecule has 162 valence electrons. The lowest BCUT2D eigenvalue weighted by Gasteiger charge is -2.25. The molecule has 0 spiro atoms. The third-order valence-corrected chi connectivity index (χ3v) is 5.76. The molecule has 1 fully saturated rings. The van der Waals surface area contributed by atoms with Crippen molar-refractivity contribution in [2.75, 3.05) is 11.9 Å². The molecule has 1 aliphatic heterocycles. The fourth-order valence-electron chi connectivity index (χ4n) is 3.92. The van der Waals surface area contributed by atoms with Crippen molar-refractivity contribution < 1.29 is 23.0 Å². The molecule has 1 saturated carbocycles. The topological polar surface area (TPSA) is 101 Å². The molecule has 2 aliphatic rings. The summed E-state index contributed by atoms with van der Waals surface area (Å²) in [5.74, 6) is -2.10. The molecule has 3 atom stereocenters. The van der Waals surface area contributed by atoms with E-state index in [2.05, 4.69) is 25.8 Å². The van der Waals surface area contributed by atoms with Gasteiger partial charge >= 0.3 is 6.09 Å². The van der Waals surface area contributed by atoms with Gasteiger partial charge in [-0.05, 0) is 39.2 Å². The van der Waals surface area contributed by atoms with Crippen molar-refractivity contribution in [2.45, 2.75) is 63.5 Å². The second-order valence-electron chi connectivity index (χ2n) is 7.88. The van der Waals surface area contributed by atoms with Gasteiger partial charge in [-0.3, -0.25) is 5.10 Å². The van der Waals surface area contributed by atoms with Crippen molar-refractivity contribution in [3.05, 3.63) is 29.6 Å². The van der Waals surface area contributed by atoms with Gasteiger partial charge in [-0.1, -0.05) is 0 Å². The lowest BCUT2D eigenvalue weighted by Crippen LogP contribution is -2.47. The highest BCUT2D eigenvalue weighted by molar-refractivity contribution is 5.68. The molecule has 3 N–H and O–H groups in total. The zero-order chi connectivity index (χ0) is 21.3. The minimum atomic E-state index is -3.15. The van der Waals surface area contributed by atoms with E-state index in [1.165, 1.54) is 6.92 Å². The van der Waals surface area contributed by atoms with E-state index in [1.807, 2.05) is 6.92 Å². The number of pyridine rings is 1. The van der Waals surface area contributed by atoms with E-state index < -0.39 is 24.5 Å². The summed E-state index contributed by atoms with van der Waals surface area (Å²) in [5.41, 5.74) is 2.66. The molecule has 0 aromatic carbocycles. The van der Waals surface area contributed by atoms with Crippen LogP contribution >= 0.6 is 0 Å². The predicted octanol–water partition coefficient (Wildman–Crippen LogP) is 4.03. The van der Waals surface area contributed by atoms with Gasteiger partial charge in [0.2, 0.25) is 5.88 Å². The lowest BCUT2D eigenvalue weighted by molar-refractivity contribution is -0.0485. The summed E-state index contributed by atoms with van der Waals surface area (Å²) < 4.78 is 39.6. The van der Waals surface area contributed by atoms with Crippen LogP contribution in [0.4, 0.5) is 25.1 Å². The average Bonchev–Trinajstić information content (AvgIpc) is 3.28. The molecule has 30 heavy (non-hydrogen) atoms. The van der Waals surface area contributed by atoms with Gasteiger partial charge in [0.25, 0.3) is 5.92 Å². The number of alkyl halides is 2. The number of nitrogens with one attached hydrogen (secondary N) is 3. The number of ether oxygens (including phenoxy) is 2. The first kappa shape index (κ1) is 20.4. The summed E-state index contributed by atoms with van der Waals surface area (Å²) in [6.45, 7) is 2.98. The Hall–Kier alpha value is -2.91. The number of rotatable bonds is 0. The Morgan fingerprint density at radius 3 is 2.97 bits per heavy atom. The number of halogens is 2. The number of aromatic nitrogens is 3. The van der Waals surface area contributed by atoms with E-state index in [0.29, 0.717) is 24.3 Å². The third-order valence-electron chi connectivity index (χ3n) is 5.76. The van der Waals surface area contributed by atoms with Gasteiger partial charge in [-0.25, -0.2) is 18.6 Å². The summed E-state index contributed by atoms with van der Waals surface area (Å²) in [4.78, 5) is 16.2. The van der Waals surface area contributed by atoms with Crippen LogP contribution in [0.25, 0.3) is 0 Å². The van der Waals surface area contributed by atoms with Crippen LogP contribution in [-0.4, -0.2) is 45.9 Å². The molecule has 1 amide bonds. The molecule has 6 bridgehead atoms. The van der Waals surface area contributed by atoms with Crippen LogP contribution in [0.5, 0.6) is 5.88 Å². The highest BCUT2D eigenvalue weighted by atomic mass is 19.3. The van der Waals surface area contributed by atoms with E-state index in [-0.39, 0.29) is 24.5 Å². The Labute approximate surface area is 172 Å². The number of aromatic amines is 1. The number of anilines is 2. The SMILES string of the molecule is Cc1c2n[nH]c1[C@H]1CC[C@H](C1)OC(=O)N[C@@H](C)C(F)(F)CCOc1cc(ccn1)N2. The van der Waals surface area contributed by atoms with Gasteiger partial charge in [-0.2, -0.15) is 5.10 Å². The molecular weight excluding hydrogens is 396 g/mol. The highest BCUT2D eigenvalue weighted by Gasteiger charge is 2.38.